The van der Waals surface area contributed by atoms with E-state index in [1.807, 2.05) is 0 Å². The number of nitrogens with one attached hydrogen (secondary N) is 1. The second-order valence-electron chi connectivity index (χ2n) is 7.63. The molecule has 0 aliphatic heterocycles. The maximum Gasteiger partial charge on any atom is 0.251 e. The Morgan fingerprint density at radius 2 is 1.72 bits per heavy atom. The van der Waals surface area contributed by atoms with Gasteiger partial charge in [0.25, 0.3) is 5.91 Å². The minimum Gasteiger partial charge on any atom is -0.352 e. The van der Waals surface area contributed by atoms with Crippen LogP contribution in [0, 0.1) is 5.92 Å². The first-order chi connectivity index (χ1) is 13.8. The number of nitrogens with zero attached hydrogens (tertiary/aromatic N) is 1. The van der Waals surface area contributed by atoms with Crippen LogP contribution < -0.4 is 9.62 Å². The van der Waals surface area contributed by atoms with Crippen LogP contribution in [0.15, 0.2) is 48.5 Å². The van der Waals surface area contributed by atoms with Crippen LogP contribution >= 0.6 is 11.6 Å². The second-order valence-corrected chi connectivity index (χ2v) is 9.95. The standard InChI is InChI=1S/C22H27ClN2O3S/c1-29(27,28)25(21-10-6-5-9-20(21)23)16-18-11-13-19(14-12-18)22(26)24-15-17-7-3-2-4-8-17/h5-6,9-14,17H,2-4,7-8,15-16H2,1H3,(H,24,26). The molecule has 1 aliphatic carbocycles. The summed E-state index contributed by atoms with van der Waals surface area (Å²) in [6.07, 6.45) is 7.31. The van der Waals surface area contributed by atoms with E-state index in [1.165, 1.54) is 36.4 Å². The predicted octanol–water partition coefficient (Wildman–Crippen LogP) is 4.62. The largest absolute Gasteiger partial charge is 0.352 e. The van der Waals surface area contributed by atoms with Crippen molar-refractivity contribution >= 4 is 33.2 Å². The molecule has 0 radical (unpaired) electrons. The fraction of sp³-hybridized carbons (Fsp3) is 0.409. The molecule has 0 unspecified atom stereocenters. The zero-order valence-corrected chi connectivity index (χ0v) is 18.2. The summed E-state index contributed by atoms with van der Waals surface area (Å²) in [5.74, 6) is 0.485. The molecule has 0 bridgehead atoms. The summed E-state index contributed by atoms with van der Waals surface area (Å²) in [6.45, 7) is 0.863. The van der Waals surface area contributed by atoms with E-state index in [2.05, 4.69) is 5.32 Å². The first kappa shape index (κ1) is 21.7. The molecule has 1 saturated carbocycles. The summed E-state index contributed by atoms with van der Waals surface area (Å²) in [4.78, 5) is 12.4. The molecule has 0 atom stereocenters. The maximum absolute atomic E-state index is 12.4. The van der Waals surface area contributed by atoms with Crippen LogP contribution in [0.2, 0.25) is 5.02 Å². The normalized spacial score (nSPS) is 15.1. The Kier molecular flexibility index (Phi) is 7.19. The Labute approximate surface area is 178 Å². The summed E-state index contributed by atoms with van der Waals surface area (Å²) >= 11 is 6.20. The van der Waals surface area contributed by atoms with Crippen molar-refractivity contribution in [3.05, 3.63) is 64.7 Å². The van der Waals surface area contributed by atoms with Crippen molar-refractivity contribution in [1.82, 2.24) is 5.32 Å². The Hall–Kier alpha value is -2.05. The predicted molar refractivity (Wildman–Crippen MR) is 118 cm³/mol. The number of sulfonamides is 1. The van der Waals surface area contributed by atoms with Gasteiger partial charge in [-0.15, -0.1) is 0 Å². The quantitative estimate of drug-likeness (QED) is 0.691. The van der Waals surface area contributed by atoms with Crippen LogP contribution in [-0.4, -0.2) is 27.1 Å². The highest BCUT2D eigenvalue weighted by Crippen LogP contribution is 2.28. The fourth-order valence-corrected chi connectivity index (χ4v) is 4.88. The highest BCUT2D eigenvalue weighted by Gasteiger charge is 2.20. The third-order valence-electron chi connectivity index (χ3n) is 5.34. The Bertz CT molecular complexity index is 939. The van der Waals surface area contributed by atoms with Crippen LogP contribution in [0.3, 0.4) is 0 Å². The van der Waals surface area contributed by atoms with Gasteiger partial charge in [-0.1, -0.05) is 55.1 Å². The lowest BCUT2D eigenvalue weighted by Gasteiger charge is -2.23. The van der Waals surface area contributed by atoms with Crippen molar-refractivity contribution in [3.8, 4) is 0 Å². The minimum atomic E-state index is -3.52. The molecule has 1 aliphatic rings. The second kappa shape index (κ2) is 9.63. The molecule has 1 fully saturated rings. The topological polar surface area (TPSA) is 66.5 Å². The minimum absolute atomic E-state index is 0.0896. The molecule has 2 aromatic rings. The molecule has 1 amide bonds. The van der Waals surface area contributed by atoms with Gasteiger partial charge < -0.3 is 5.32 Å². The molecule has 1 N–H and O–H groups in total. The fourth-order valence-electron chi connectivity index (χ4n) is 3.69. The Balaban J connectivity index is 1.67. The maximum atomic E-state index is 12.4. The van der Waals surface area contributed by atoms with E-state index in [1.54, 1.807) is 48.5 Å². The molecular weight excluding hydrogens is 408 g/mol. The van der Waals surface area contributed by atoms with Crippen molar-refractivity contribution in [3.63, 3.8) is 0 Å². The van der Waals surface area contributed by atoms with Crippen LogP contribution in [-0.2, 0) is 16.6 Å². The van der Waals surface area contributed by atoms with Crippen molar-refractivity contribution in [2.24, 2.45) is 5.92 Å². The molecule has 0 spiro atoms. The molecular formula is C22H27ClN2O3S. The number of halogens is 1. The molecule has 2 aromatic carbocycles. The number of anilines is 1. The van der Waals surface area contributed by atoms with Gasteiger partial charge in [0.15, 0.2) is 0 Å². The molecule has 29 heavy (non-hydrogen) atoms. The van der Waals surface area contributed by atoms with Gasteiger partial charge in [0.05, 0.1) is 23.5 Å². The van der Waals surface area contributed by atoms with E-state index in [4.69, 9.17) is 11.6 Å². The lowest BCUT2D eigenvalue weighted by molar-refractivity contribution is 0.0943. The molecule has 7 heteroatoms. The highest BCUT2D eigenvalue weighted by molar-refractivity contribution is 7.92. The third kappa shape index (κ3) is 5.97. The molecule has 0 aromatic heterocycles. The number of benzene rings is 2. The van der Waals surface area contributed by atoms with Gasteiger partial charge in [0.1, 0.15) is 0 Å². The average Bonchev–Trinajstić information content (AvgIpc) is 2.71. The molecule has 0 heterocycles. The number of hydrogen-bond donors (Lipinski definition) is 1. The number of carbonyl (C=O) groups is 1. The first-order valence-electron chi connectivity index (χ1n) is 9.94. The van der Waals surface area contributed by atoms with E-state index in [0.717, 1.165) is 18.4 Å². The average molecular weight is 435 g/mol. The summed E-state index contributed by atoms with van der Waals surface area (Å²) in [5.41, 5.74) is 1.79. The number of carbonyl (C=O) groups excluding carboxylic acids is 1. The Morgan fingerprint density at radius 1 is 1.07 bits per heavy atom. The van der Waals surface area contributed by atoms with Crippen LogP contribution in [0.5, 0.6) is 0 Å². The zero-order chi connectivity index (χ0) is 20.9. The smallest absolute Gasteiger partial charge is 0.251 e. The lowest BCUT2D eigenvalue weighted by atomic mass is 9.89. The number of amides is 1. The molecule has 0 saturated heterocycles. The zero-order valence-electron chi connectivity index (χ0n) is 16.6. The van der Waals surface area contributed by atoms with Crippen molar-refractivity contribution in [2.75, 3.05) is 17.1 Å². The number of para-hydroxylation sites is 1. The summed E-state index contributed by atoms with van der Waals surface area (Å²) in [6, 6.07) is 13.9. The van der Waals surface area contributed by atoms with Crippen molar-refractivity contribution in [2.45, 2.75) is 38.6 Å². The first-order valence-corrected chi connectivity index (χ1v) is 12.2. The van der Waals surface area contributed by atoms with Gasteiger partial charge in [-0.2, -0.15) is 0 Å². The van der Waals surface area contributed by atoms with Gasteiger partial charge >= 0.3 is 0 Å². The van der Waals surface area contributed by atoms with Gasteiger partial charge in [0.2, 0.25) is 10.0 Å². The van der Waals surface area contributed by atoms with Gasteiger partial charge in [0, 0.05) is 12.1 Å². The summed E-state index contributed by atoms with van der Waals surface area (Å²) in [7, 11) is -3.52. The highest BCUT2D eigenvalue weighted by atomic mass is 35.5. The summed E-state index contributed by atoms with van der Waals surface area (Å²) in [5, 5.41) is 3.40. The molecule has 5 nitrogen and oxygen atoms in total. The van der Waals surface area contributed by atoms with E-state index in [9.17, 15) is 13.2 Å². The summed E-state index contributed by atoms with van der Waals surface area (Å²) < 4.78 is 25.9. The SMILES string of the molecule is CS(=O)(=O)N(Cc1ccc(C(=O)NCC2CCCCC2)cc1)c1ccccc1Cl. The van der Waals surface area contributed by atoms with Crippen LogP contribution in [0.4, 0.5) is 5.69 Å². The van der Waals surface area contributed by atoms with Crippen LogP contribution in [0.1, 0.15) is 48.0 Å². The number of rotatable bonds is 7. The monoisotopic (exact) mass is 434 g/mol. The van der Waals surface area contributed by atoms with E-state index < -0.39 is 10.0 Å². The van der Waals surface area contributed by atoms with Gasteiger partial charge in [-0.05, 0) is 48.6 Å². The van der Waals surface area contributed by atoms with Crippen molar-refractivity contribution in [1.29, 1.82) is 0 Å². The van der Waals surface area contributed by atoms with Crippen LogP contribution in [0.25, 0.3) is 0 Å². The Morgan fingerprint density at radius 3 is 2.34 bits per heavy atom. The number of hydrogen-bond acceptors (Lipinski definition) is 3. The molecule has 156 valence electrons. The van der Waals surface area contributed by atoms with Gasteiger partial charge in [-0.3, -0.25) is 9.10 Å². The van der Waals surface area contributed by atoms with Gasteiger partial charge in [-0.25, -0.2) is 8.42 Å². The van der Waals surface area contributed by atoms with E-state index in [-0.39, 0.29) is 12.5 Å². The van der Waals surface area contributed by atoms with E-state index in [0.29, 0.717) is 22.2 Å². The molecule has 3 rings (SSSR count). The third-order valence-corrected chi connectivity index (χ3v) is 6.79. The van der Waals surface area contributed by atoms with Crippen molar-refractivity contribution < 1.29 is 13.2 Å². The van der Waals surface area contributed by atoms with E-state index >= 15 is 0 Å². The lowest BCUT2D eigenvalue weighted by Crippen LogP contribution is -2.30.